The fraction of sp³-hybridized carbons (Fsp3) is 0.875. The summed E-state index contributed by atoms with van der Waals surface area (Å²) in [5.41, 5.74) is -0.192. The molecule has 1 saturated heterocycles. The third-order valence-electron chi connectivity index (χ3n) is 5.19. The van der Waals surface area contributed by atoms with Gasteiger partial charge in [-0.2, -0.15) is 0 Å². The van der Waals surface area contributed by atoms with Crippen molar-refractivity contribution in [3.05, 3.63) is 0 Å². The van der Waals surface area contributed by atoms with Crippen molar-refractivity contribution in [3.8, 4) is 0 Å². The molecule has 0 aromatic heterocycles. The number of carbonyl (C=O) groups excluding carboxylic acids is 2. The summed E-state index contributed by atoms with van der Waals surface area (Å²) in [5.74, 6) is -0.157. The smallest absolute Gasteiger partial charge is 0.306 e. The molecule has 0 amide bonds. The number of carbonyl (C=O) groups is 2. The molecule has 120 valence electrons. The SMILES string of the molecule is COC(=O)CCCCCC(O)C1CCC2OC(=O)CC21C. The number of fused-ring (bicyclic) bond motifs is 1. The maximum Gasteiger partial charge on any atom is 0.306 e. The Kier molecular flexibility index (Phi) is 5.25. The van der Waals surface area contributed by atoms with Gasteiger partial charge in [-0.05, 0) is 31.6 Å². The summed E-state index contributed by atoms with van der Waals surface area (Å²) in [6.45, 7) is 2.07. The fourth-order valence-corrected chi connectivity index (χ4v) is 3.91. The molecule has 2 rings (SSSR count). The molecule has 2 aliphatic rings. The van der Waals surface area contributed by atoms with Crippen LogP contribution in [0.5, 0.6) is 0 Å². The first-order valence-electron chi connectivity index (χ1n) is 7.91. The van der Waals surface area contributed by atoms with Gasteiger partial charge in [-0.3, -0.25) is 9.59 Å². The van der Waals surface area contributed by atoms with Crippen LogP contribution < -0.4 is 0 Å². The van der Waals surface area contributed by atoms with Gasteiger partial charge in [0.05, 0.1) is 19.6 Å². The lowest BCUT2D eigenvalue weighted by Crippen LogP contribution is -2.35. The van der Waals surface area contributed by atoms with Crippen molar-refractivity contribution in [2.45, 2.75) is 70.5 Å². The van der Waals surface area contributed by atoms with Gasteiger partial charge in [0.1, 0.15) is 6.10 Å². The predicted molar refractivity (Wildman–Crippen MR) is 76.4 cm³/mol. The highest BCUT2D eigenvalue weighted by atomic mass is 16.6. The van der Waals surface area contributed by atoms with Crippen LogP contribution in [0.25, 0.3) is 0 Å². The maximum atomic E-state index is 11.5. The third-order valence-corrected chi connectivity index (χ3v) is 5.19. The van der Waals surface area contributed by atoms with Gasteiger partial charge in [-0.25, -0.2) is 0 Å². The predicted octanol–water partition coefficient (Wildman–Crippen LogP) is 2.20. The number of aliphatic hydroxyl groups is 1. The second-order valence-corrected chi connectivity index (χ2v) is 6.59. The Hall–Kier alpha value is -1.10. The molecule has 1 saturated carbocycles. The van der Waals surface area contributed by atoms with E-state index in [0.717, 1.165) is 38.5 Å². The summed E-state index contributed by atoms with van der Waals surface area (Å²) in [6.07, 6.45) is 5.60. The van der Waals surface area contributed by atoms with Crippen LogP contribution in [0.2, 0.25) is 0 Å². The number of aliphatic hydroxyl groups excluding tert-OH is 1. The van der Waals surface area contributed by atoms with Crippen LogP contribution >= 0.6 is 0 Å². The summed E-state index contributed by atoms with van der Waals surface area (Å²) in [6, 6.07) is 0. The Morgan fingerprint density at radius 3 is 2.90 bits per heavy atom. The van der Waals surface area contributed by atoms with Gasteiger partial charge in [0, 0.05) is 11.8 Å². The monoisotopic (exact) mass is 298 g/mol. The zero-order valence-corrected chi connectivity index (χ0v) is 13.0. The minimum absolute atomic E-state index is 0.0102. The van der Waals surface area contributed by atoms with Gasteiger partial charge in [0.15, 0.2) is 0 Å². The van der Waals surface area contributed by atoms with Crippen LogP contribution in [0.15, 0.2) is 0 Å². The number of ether oxygens (including phenoxy) is 2. The molecule has 0 aromatic carbocycles. The topological polar surface area (TPSA) is 72.8 Å². The van der Waals surface area contributed by atoms with Crippen LogP contribution in [-0.2, 0) is 19.1 Å². The summed E-state index contributed by atoms with van der Waals surface area (Å²) >= 11 is 0. The molecule has 5 heteroatoms. The number of rotatable bonds is 7. The average Bonchev–Trinajstić information content (AvgIpc) is 2.89. The van der Waals surface area contributed by atoms with E-state index in [4.69, 9.17) is 4.74 Å². The lowest BCUT2D eigenvalue weighted by Gasteiger charge is -2.32. The second kappa shape index (κ2) is 6.77. The molecule has 2 fully saturated rings. The van der Waals surface area contributed by atoms with Gasteiger partial charge in [0.25, 0.3) is 0 Å². The van der Waals surface area contributed by atoms with Crippen LogP contribution in [0, 0.1) is 11.3 Å². The number of methoxy groups -OCH3 is 1. The zero-order valence-electron chi connectivity index (χ0n) is 13.0. The van der Waals surface area contributed by atoms with E-state index in [1.807, 2.05) is 0 Å². The summed E-state index contributed by atoms with van der Waals surface area (Å²) in [4.78, 5) is 22.5. The van der Waals surface area contributed by atoms with Crippen LogP contribution in [0.4, 0.5) is 0 Å². The Morgan fingerprint density at radius 2 is 2.19 bits per heavy atom. The minimum Gasteiger partial charge on any atom is -0.469 e. The molecular formula is C16H26O5. The molecule has 0 spiro atoms. The summed E-state index contributed by atoms with van der Waals surface area (Å²) in [5, 5.41) is 10.4. The molecule has 0 radical (unpaired) electrons. The molecule has 1 heterocycles. The largest absolute Gasteiger partial charge is 0.469 e. The van der Waals surface area contributed by atoms with Crippen LogP contribution in [0.3, 0.4) is 0 Å². The first kappa shape index (κ1) is 16.3. The van der Waals surface area contributed by atoms with Gasteiger partial charge in [-0.1, -0.05) is 19.8 Å². The van der Waals surface area contributed by atoms with E-state index >= 15 is 0 Å². The lowest BCUT2D eigenvalue weighted by molar-refractivity contribution is -0.142. The Bertz CT molecular complexity index is 394. The standard InChI is InChI=1S/C16H26O5/c1-16-10-15(19)21-13(16)9-8-11(16)12(17)6-4-3-5-7-14(18)20-2/h11-13,17H,3-10H2,1-2H3. The van der Waals surface area contributed by atoms with Crippen molar-refractivity contribution in [1.82, 2.24) is 0 Å². The molecule has 0 aromatic rings. The molecule has 0 bridgehead atoms. The first-order valence-corrected chi connectivity index (χ1v) is 7.91. The molecule has 4 atom stereocenters. The molecule has 5 nitrogen and oxygen atoms in total. The van der Waals surface area contributed by atoms with Gasteiger partial charge >= 0.3 is 11.9 Å². The van der Waals surface area contributed by atoms with E-state index in [1.54, 1.807) is 0 Å². The summed E-state index contributed by atoms with van der Waals surface area (Å²) < 4.78 is 9.94. The molecule has 1 aliphatic carbocycles. The van der Waals surface area contributed by atoms with Crippen molar-refractivity contribution in [2.24, 2.45) is 11.3 Å². The summed E-state index contributed by atoms with van der Waals surface area (Å²) in [7, 11) is 1.40. The van der Waals surface area contributed by atoms with E-state index in [0.29, 0.717) is 12.8 Å². The van der Waals surface area contributed by atoms with Crippen LogP contribution in [0.1, 0.15) is 58.3 Å². The minimum atomic E-state index is -0.382. The van der Waals surface area contributed by atoms with Crippen molar-refractivity contribution in [1.29, 1.82) is 0 Å². The molecular weight excluding hydrogens is 272 g/mol. The molecule has 21 heavy (non-hydrogen) atoms. The van der Waals surface area contributed by atoms with E-state index in [2.05, 4.69) is 11.7 Å². The van der Waals surface area contributed by atoms with Crippen molar-refractivity contribution in [2.75, 3.05) is 7.11 Å². The fourth-order valence-electron chi connectivity index (χ4n) is 3.91. The van der Waals surface area contributed by atoms with Crippen molar-refractivity contribution >= 4 is 11.9 Å². The zero-order chi connectivity index (χ0) is 15.5. The number of hydrogen-bond donors (Lipinski definition) is 1. The van der Waals surface area contributed by atoms with E-state index in [-0.39, 0.29) is 35.5 Å². The highest BCUT2D eigenvalue weighted by molar-refractivity contribution is 5.73. The third kappa shape index (κ3) is 3.57. The van der Waals surface area contributed by atoms with Crippen molar-refractivity contribution in [3.63, 3.8) is 0 Å². The highest BCUT2D eigenvalue weighted by Gasteiger charge is 2.56. The molecule has 1 N–H and O–H groups in total. The normalized spacial score (nSPS) is 32.6. The number of unbranched alkanes of at least 4 members (excludes halogenated alkanes) is 2. The quantitative estimate of drug-likeness (QED) is 0.576. The number of esters is 2. The van der Waals surface area contributed by atoms with Crippen LogP contribution in [-0.4, -0.2) is 36.4 Å². The van der Waals surface area contributed by atoms with Gasteiger partial charge in [0.2, 0.25) is 0 Å². The first-order chi connectivity index (χ1) is 9.97. The second-order valence-electron chi connectivity index (χ2n) is 6.59. The van der Waals surface area contributed by atoms with E-state index in [1.165, 1.54) is 7.11 Å². The average molecular weight is 298 g/mol. The molecule has 1 aliphatic heterocycles. The van der Waals surface area contributed by atoms with E-state index in [9.17, 15) is 14.7 Å². The molecule has 4 unspecified atom stereocenters. The van der Waals surface area contributed by atoms with E-state index < -0.39 is 0 Å². The Balaban J connectivity index is 1.72. The lowest BCUT2D eigenvalue weighted by atomic mass is 9.73. The Labute approximate surface area is 126 Å². The number of hydrogen-bond acceptors (Lipinski definition) is 5. The highest BCUT2D eigenvalue weighted by Crippen LogP contribution is 2.53. The van der Waals surface area contributed by atoms with Gasteiger partial charge in [-0.15, -0.1) is 0 Å². The van der Waals surface area contributed by atoms with Crippen molar-refractivity contribution < 1.29 is 24.2 Å². The maximum absolute atomic E-state index is 11.5. The Morgan fingerprint density at radius 1 is 1.43 bits per heavy atom. The van der Waals surface area contributed by atoms with Gasteiger partial charge < -0.3 is 14.6 Å².